The first-order valence-corrected chi connectivity index (χ1v) is 6.77. The number of rotatable bonds is 6. The minimum atomic E-state index is -0.251. The number of hydrogen-bond acceptors (Lipinski definition) is 4. The average Bonchev–Trinajstić information content (AvgIpc) is 2.84. The number of ether oxygens (including phenoxy) is 3. The third-order valence-electron chi connectivity index (χ3n) is 3.15. The number of carbonyl (C=O) groups excluding carboxylic acids is 1. The Morgan fingerprint density at radius 3 is 2.84 bits per heavy atom. The van der Waals surface area contributed by atoms with Gasteiger partial charge in [0, 0.05) is 6.92 Å². The lowest BCUT2D eigenvalue weighted by atomic mass is 10.0. The lowest BCUT2D eigenvalue weighted by Gasteiger charge is -2.17. The van der Waals surface area contributed by atoms with Crippen molar-refractivity contribution in [3.8, 4) is 11.5 Å². The molecule has 0 N–H and O–H groups in total. The second-order valence-corrected chi connectivity index (χ2v) is 4.71. The smallest absolute Gasteiger partial charge is 0.303 e. The van der Waals surface area contributed by atoms with E-state index >= 15 is 0 Å². The summed E-state index contributed by atoms with van der Waals surface area (Å²) in [6.07, 6.45) is 3.98. The van der Waals surface area contributed by atoms with Crippen LogP contribution in [-0.2, 0) is 9.53 Å². The number of carbonyl (C=O) groups is 1. The standard InChI is InChI=1S/C15H20O4/c1-3-4-5-6-13(19-11(2)16)12-7-8-14-15(9-12)18-10-17-14/h7-9,13H,3-6,10H2,1-2H3/t13-/m1/s1. The van der Waals surface area contributed by atoms with E-state index in [-0.39, 0.29) is 18.9 Å². The molecule has 1 aliphatic rings. The van der Waals surface area contributed by atoms with Gasteiger partial charge >= 0.3 is 5.97 Å². The summed E-state index contributed by atoms with van der Waals surface area (Å²) >= 11 is 0. The van der Waals surface area contributed by atoms with Crippen LogP contribution in [-0.4, -0.2) is 12.8 Å². The molecule has 1 atom stereocenters. The third kappa shape index (κ3) is 3.63. The van der Waals surface area contributed by atoms with Crippen LogP contribution < -0.4 is 9.47 Å². The minimum Gasteiger partial charge on any atom is -0.458 e. The molecule has 19 heavy (non-hydrogen) atoms. The van der Waals surface area contributed by atoms with E-state index in [1.54, 1.807) is 0 Å². The second-order valence-electron chi connectivity index (χ2n) is 4.71. The zero-order valence-electron chi connectivity index (χ0n) is 11.5. The Kier molecular flexibility index (Phi) is 4.66. The van der Waals surface area contributed by atoms with Gasteiger partial charge in [-0.15, -0.1) is 0 Å². The number of fused-ring (bicyclic) bond motifs is 1. The Bertz CT molecular complexity index is 442. The molecule has 0 unspecified atom stereocenters. The van der Waals surface area contributed by atoms with E-state index < -0.39 is 0 Å². The lowest BCUT2D eigenvalue weighted by molar-refractivity contribution is -0.147. The average molecular weight is 264 g/mol. The molecule has 0 aromatic heterocycles. The predicted molar refractivity (Wildman–Crippen MR) is 71.2 cm³/mol. The summed E-state index contributed by atoms with van der Waals surface area (Å²) in [5, 5.41) is 0. The maximum atomic E-state index is 11.2. The molecule has 1 heterocycles. The Labute approximate surface area is 113 Å². The lowest BCUT2D eigenvalue weighted by Crippen LogP contribution is -2.08. The van der Waals surface area contributed by atoms with Crippen molar-refractivity contribution >= 4 is 5.97 Å². The first-order valence-electron chi connectivity index (χ1n) is 6.77. The van der Waals surface area contributed by atoms with Crippen LogP contribution in [0.2, 0.25) is 0 Å². The summed E-state index contributed by atoms with van der Waals surface area (Å²) < 4.78 is 16.0. The van der Waals surface area contributed by atoms with Gasteiger partial charge in [-0.05, 0) is 30.5 Å². The van der Waals surface area contributed by atoms with Gasteiger partial charge in [-0.2, -0.15) is 0 Å². The van der Waals surface area contributed by atoms with Crippen molar-refractivity contribution in [2.24, 2.45) is 0 Å². The van der Waals surface area contributed by atoms with Gasteiger partial charge < -0.3 is 14.2 Å². The predicted octanol–water partition coefficient (Wildman–Crippen LogP) is 3.60. The zero-order valence-corrected chi connectivity index (χ0v) is 11.5. The quantitative estimate of drug-likeness (QED) is 0.581. The maximum Gasteiger partial charge on any atom is 0.303 e. The van der Waals surface area contributed by atoms with E-state index in [4.69, 9.17) is 14.2 Å². The molecule has 0 saturated carbocycles. The molecule has 1 aromatic rings. The molecule has 2 rings (SSSR count). The van der Waals surface area contributed by atoms with Gasteiger partial charge in [0.1, 0.15) is 6.10 Å². The van der Waals surface area contributed by atoms with Gasteiger partial charge in [0.2, 0.25) is 6.79 Å². The van der Waals surface area contributed by atoms with Crippen molar-refractivity contribution in [3.05, 3.63) is 23.8 Å². The largest absolute Gasteiger partial charge is 0.458 e. The summed E-state index contributed by atoms with van der Waals surface area (Å²) in [6.45, 7) is 3.86. The number of hydrogen-bond donors (Lipinski definition) is 0. The van der Waals surface area contributed by atoms with E-state index in [0.717, 1.165) is 42.7 Å². The first-order chi connectivity index (χ1) is 9.20. The van der Waals surface area contributed by atoms with Crippen molar-refractivity contribution in [2.45, 2.75) is 45.6 Å². The van der Waals surface area contributed by atoms with E-state index in [1.165, 1.54) is 6.92 Å². The molecule has 4 heteroatoms. The molecular formula is C15H20O4. The SMILES string of the molecule is CCCCC[C@@H](OC(C)=O)c1ccc2c(c1)OCO2. The van der Waals surface area contributed by atoms with Crippen molar-refractivity contribution in [3.63, 3.8) is 0 Å². The molecule has 1 aromatic carbocycles. The molecular weight excluding hydrogens is 244 g/mol. The second kappa shape index (κ2) is 6.45. The van der Waals surface area contributed by atoms with E-state index in [0.29, 0.717) is 0 Å². The Morgan fingerprint density at radius 2 is 2.11 bits per heavy atom. The molecule has 0 spiro atoms. The van der Waals surface area contributed by atoms with Gasteiger partial charge in [-0.1, -0.05) is 25.8 Å². The highest BCUT2D eigenvalue weighted by Gasteiger charge is 2.19. The minimum absolute atomic E-state index is 0.196. The molecule has 0 aliphatic carbocycles. The van der Waals surface area contributed by atoms with E-state index in [9.17, 15) is 4.79 Å². The molecule has 0 amide bonds. The van der Waals surface area contributed by atoms with Gasteiger partial charge in [-0.25, -0.2) is 0 Å². The van der Waals surface area contributed by atoms with Gasteiger partial charge in [0.15, 0.2) is 11.5 Å². The van der Waals surface area contributed by atoms with E-state index in [2.05, 4.69) is 6.92 Å². The number of esters is 1. The zero-order chi connectivity index (χ0) is 13.7. The highest BCUT2D eigenvalue weighted by atomic mass is 16.7. The summed E-state index contributed by atoms with van der Waals surface area (Å²) in [5.41, 5.74) is 0.968. The molecule has 0 saturated heterocycles. The van der Waals surface area contributed by atoms with Crippen molar-refractivity contribution in [2.75, 3.05) is 6.79 Å². The van der Waals surface area contributed by atoms with Gasteiger partial charge in [0.05, 0.1) is 0 Å². The van der Waals surface area contributed by atoms with Crippen LogP contribution in [0.1, 0.15) is 51.2 Å². The molecule has 104 valence electrons. The fourth-order valence-electron chi connectivity index (χ4n) is 2.19. The summed E-state index contributed by atoms with van der Waals surface area (Å²) in [6, 6.07) is 5.71. The topological polar surface area (TPSA) is 44.8 Å². The summed E-state index contributed by atoms with van der Waals surface area (Å²) in [7, 11) is 0. The Morgan fingerprint density at radius 1 is 1.32 bits per heavy atom. The molecule has 0 bridgehead atoms. The summed E-state index contributed by atoms with van der Waals surface area (Å²) in [5.74, 6) is 1.23. The summed E-state index contributed by atoms with van der Waals surface area (Å²) in [4.78, 5) is 11.2. The monoisotopic (exact) mass is 264 g/mol. The van der Waals surface area contributed by atoms with Crippen LogP contribution in [0, 0.1) is 0 Å². The first kappa shape index (κ1) is 13.7. The van der Waals surface area contributed by atoms with Gasteiger partial charge in [0.25, 0.3) is 0 Å². The normalized spacial score (nSPS) is 14.2. The number of unbranched alkanes of at least 4 members (excludes halogenated alkanes) is 2. The molecule has 0 radical (unpaired) electrons. The molecule has 4 nitrogen and oxygen atoms in total. The van der Waals surface area contributed by atoms with Crippen LogP contribution in [0.15, 0.2) is 18.2 Å². The van der Waals surface area contributed by atoms with Crippen LogP contribution >= 0.6 is 0 Å². The highest BCUT2D eigenvalue weighted by Crippen LogP contribution is 2.36. The Balaban J connectivity index is 2.10. The molecule has 0 fully saturated rings. The van der Waals surface area contributed by atoms with Gasteiger partial charge in [-0.3, -0.25) is 4.79 Å². The van der Waals surface area contributed by atoms with E-state index in [1.807, 2.05) is 18.2 Å². The highest BCUT2D eigenvalue weighted by molar-refractivity contribution is 5.66. The fourth-order valence-corrected chi connectivity index (χ4v) is 2.19. The van der Waals surface area contributed by atoms with Crippen molar-refractivity contribution in [1.82, 2.24) is 0 Å². The van der Waals surface area contributed by atoms with Crippen molar-refractivity contribution < 1.29 is 19.0 Å². The van der Waals surface area contributed by atoms with Crippen LogP contribution in [0.25, 0.3) is 0 Å². The van der Waals surface area contributed by atoms with Crippen LogP contribution in [0.4, 0.5) is 0 Å². The fraction of sp³-hybridized carbons (Fsp3) is 0.533. The third-order valence-corrected chi connectivity index (χ3v) is 3.15. The maximum absolute atomic E-state index is 11.2. The van der Waals surface area contributed by atoms with Crippen LogP contribution in [0.3, 0.4) is 0 Å². The molecule has 1 aliphatic heterocycles. The Hall–Kier alpha value is -1.71. The van der Waals surface area contributed by atoms with Crippen molar-refractivity contribution in [1.29, 1.82) is 0 Å². The van der Waals surface area contributed by atoms with Crippen LogP contribution in [0.5, 0.6) is 11.5 Å². The number of benzene rings is 1.